The van der Waals surface area contributed by atoms with E-state index in [1.165, 1.54) is 25.3 Å². The molecule has 1 heterocycles. The standard InChI is InChI=1S/C23H20Cl4N4O4S/c1-14-11-15(31(9-7-28)36(32,33)18-6-4-3-5-17(18)34-2)13-16(12-14)35-10-8-29-21-19(24)22(26)30-23(27)20(21)25/h3-6,11-13H,8-10H2,1-2H3,(H,29,30). The maximum Gasteiger partial charge on any atom is 0.268 e. The number of para-hydroxylation sites is 1. The van der Waals surface area contributed by atoms with Crippen LogP contribution in [0.3, 0.4) is 0 Å². The van der Waals surface area contributed by atoms with Crippen molar-refractivity contribution >= 4 is 67.8 Å². The maximum atomic E-state index is 13.5. The summed E-state index contributed by atoms with van der Waals surface area (Å²) in [7, 11) is -2.73. The van der Waals surface area contributed by atoms with Crippen LogP contribution in [0.2, 0.25) is 20.4 Å². The molecule has 1 aromatic heterocycles. The lowest BCUT2D eigenvalue weighted by molar-refractivity contribution is 0.333. The molecular weight excluding hydrogens is 570 g/mol. The lowest BCUT2D eigenvalue weighted by atomic mass is 10.2. The molecule has 36 heavy (non-hydrogen) atoms. The molecule has 3 rings (SSSR count). The first-order chi connectivity index (χ1) is 17.1. The van der Waals surface area contributed by atoms with Gasteiger partial charge in [-0.2, -0.15) is 5.26 Å². The van der Waals surface area contributed by atoms with Gasteiger partial charge in [0, 0.05) is 12.6 Å². The number of nitrogens with zero attached hydrogens (tertiary/aromatic N) is 3. The number of benzene rings is 2. The normalized spacial score (nSPS) is 11.0. The van der Waals surface area contributed by atoms with Crippen LogP contribution in [-0.4, -0.2) is 40.2 Å². The molecule has 1 N–H and O–H groups in total. The first kappa shape index (κ1) is 28.0. The summed E-state index contributed by atoms with van der Waals surface area (Å²) in [5.41, 5.74) is 1.32. The van der Waals surface area contributed by atoms with Crippen LogP contribution in [0, 0.1) is 18.3 Å². The van der Waals surface area contributed by atoms with E-state index in [-0.39, 0.29) is 49.8 Å². The maximum absolute atomic E-state index is 13.5. The highest BCUT2D eigenvalue weighted by atomic mass is 35.5. The summed E-state index contributed by atoms with van der Waals surface area (Å²) in [6.45, 7) is 1.80. The Morgan fingerprint density at radius 2 is 1.75 bits per heavy atom. The number of nitriles is 1. The highest BCUT2D eigenvalue weighted by Crippen LogP contribution is 2.38. The molecule has 0 saturated carbocycles. The molecule has 0 atom stereocenters. The molecular formula is C23H20Cl4N4O4S. The van der Waals surface area contributed by atoms with E-state index in [0.717, 1.165) is 9.87 Å². The Bertz CT molecular complexity index is 1390. The lowest BCUT2D eigenvalue weighted by Gasteiger charge is -2.24. The minimum atomic E-state index is -4.11. The van der Waals surface area contributed by atoms with E-state index in [9.17, 15) is 13.7 Å². The zero-order valence-corrected chi connectivity index (χ0v) is 22.9. The van der Waals surface area contributed by atoms with E-state index in [1.54, 1.807) is 31.2 Å². The van der Waals surface area contributed by atoms with E-state index in [0.29, 0.717) is 11.4 Å². The third kappa shape index (κ3) is 6.20. The molecule has 0 radical (unpaired) electrons. The van der Waals surface area contributed by atoms with Crippen LogP contribution >= 0.6 is 46.4 Å². The average Bonchev–Trinajstić information content (AvgIpc) is 2.85. The highest BCUT2D eigenvalue weighted by Gasteiger charge is 2.28. The Morgan fingerprint density at radius 3 is 2.39 bits per heavy atom. The van der Waals surface area contributed by atoms with E-state index < -0.39 is 16.6 Å². The fraction of sp³-hybridized carbons (Fsp3) is 0.217. The molecule has 0 aliphatic rings. The topological polar surface area (TPSA) is 105 Å². The number of anilines is 2. The monoisotopic (exact) mass is 588 g/mol. The molecule has 2 aromatic carbocycles. The minimum absolute atomic E-state index is 0.00616. The molecule has 0 aliphatic heterocycles. The van der Waals surface area contributed by atoms with Crippen LogP contribution in [0.15, 0.2) is 47.4 Å². The van der Waals surface area contributed by atoms with E-state index in [4.69, 9.17) is 55.9 Å². The van der Waals surface area contributed by atoms with Crippen molar-refractivity contribution in [3.63, 3.8) is 0 Å². The number of rotatable bonds is 10. The summed E-state index contributed by atoms with van der Waals surface area (Å²) in [5, 5.41) is 12.6. The Balaban J connectivity index is 1.82. The minimum Gasteiger partial charge on any atom is -0.495 e. The summed E-state index contributed by atoms with van der Waals surface area (Å²) < 4.78 is 38.9. The summed E-state index contributed by atoms with van der Waals surface area (Å²) >= 11 is 24.2. The van der Waals surface area contributed by atoms with E-state index in [1.807, 2.05) is 6.07 Å². The highest BCUT2D eigenvalue weighted by molar-refractivity contribution is 7.93. The number of halogens is 4. The van der Waals surface area contributed by atoms with Crippen LogP contribution in [0.5, 0.6) is 11.5 Å². The van der Waals surface area contributed by atoms with Gasteiger partial charge in [-0.3, -0.25) is 4.31 Å². The molecule has 3 aromatic rings. The number of sulfonamides is 1. The summed E-state index contributed by atoms with van der Waals surface area (Å²) in [6.07, 6.45) is 0. The quantitative estimate of drug-likeness (QED) is 0.170. The van der Waals surface area contributed by atoms with Crippen LogP contribution in [0.25, 0.3) is 0 Å². The van der Waals surface area contributed by atoms with E-state index in [2.05, 4.69) is 10.3 Å². The van der Waals surface area contributed by atoms with Gasteiger partial charge in [-0.1, -0.05) is 58.5 Å². The van der Waals surface area contributed by atoms with Gasteiger partial charge in [0.1, 0.15) is 39.6 Å². The molecule has 0 spiro atoms. The van der Waals surface area contributed by atoms with Gasteiger partial charge in [0.05, 0.1) is 24.6 Å². The number of pyridine rings is 1. The van der Waals surface area contributed by atoms with Crippen LogP contribution in [0.4, 0.5) is 11.4 Å². The number of ether oxygens (including phenoxy) is 2. The van der Waals surface area contributed by atoms with E-state index >= 15 is 0 Å². The molecule has 13 heteroatoms. The second-order valence-electron chi connectivity index (χ2n) is 7.30. The van der Waals surface area contributed by atoms with Crippen molar-refractivity contribution in [3.05, 3.63) is 68.4 Å². The largest absolute Gasteiger partial charge is 0.495 e. The Hall–Kier alpha value is -2.61. The molecule has 0 fully saturated rings. The summed E-state index contributed by atoms with van der Waals surface area (Å²) in [6, 6.07) is 13.0. The van der Waals surface area contributed by atoms with Gasteiger partial charge in [0.2, 0.25) is 0 Å². The zero-order valence-electron chi connectivity index (χ0n) is 19.1. The smallest absolute Gasteiger partial charge is 0.268 e. The fourth-order valence-electron chi connectivity index (χ4n) is 3.27. The Kier molecular flexibility index (Phi) is 9.39. The number of aromatic nitrogens is 1. The van der Waals surface area contributed by atoms with Crippen molar-refractivity contribution in [1.82, 2.24) is 4.98 Å². The Morgan fingerprint density at radius 1 is 1.08 bits per heavy atom. The first-order valence-electron chi connectivity index (χ1n) is 10.3. The van der Waals surface area contributed by atoms with Gasteiger partial charge in [-0.15, -0.1) is 0 Å². The Labute approximate surface area is 229 Å². The van der Waals surface area contributed by atoms with Crippen LogP contribution in [0.1, 0.15) is 5.56 Å². The number of aryl methyl sites for hydroxylation is 1. The first-order valence-corrected chi connectivity index (χ1v) is 13.3. The van der Waals surface area contributed by atoms with Gasteiger partial charge in [-0.25, -0.2) is 13.4 Å². The number of methoxy groups -OCH3 is 1. The molecule has 0 bridgehead atoms. The SMILES string of the molecule is COc1ccccc1S(=O)(=O)N(CC#N)c1cc(C)cc(OCCNc2c(Cl)c(Cl)nc(Cl)c2Cl)c1. The number of hydrogen-bond acceptors (Lipinski definition) is 7. The molecule has 8 nitrogen and oxygen atoms in total. The molecule has 0 aliphatic carbocycles. The molecule has 0 amide bonds. The van der Waals surface area contributed by atoms with Gasteiger partial charge < -0.3 is 14.8 Å². The van der Waals surface area contributed by atoms with Crippen LogP contribution in [-0.2, 0) is 10.0 Å². The van der Waals surface area contributed by atoms with Crippen molar-refractivity contribution in [1.29, 1.82) is 5.26 Å². The van der Waals surface area contributed by atoms with Gasteiger partial charge >= 0.3 is 0 Å². The van der Waals surface area contributed by atoms with Crippen molar-refractivity contribution < 1.29 is 17.9 Å². The third-order valence-electron chi connectivity index (χ3n) is 4.85. The van der Waals surface area contributed by atoms with Crippen molar-refractivity contribution in [2.24, 2.45) is 0 Å². The summed E-state index contributed by atoms with van der Waals surface area (Å²) in [4.78, 5) is 3.77. The second-order valence-corrected chi connectivity index (χ2v) is 10.6. The molecule has 0 saturated heterocycles. The zero-order chi connectivity index (χ0) is 26.5. The number of hydrogen-bond donors (Lipinski definition) is 1. The van der Waals surface area contributed by atoms with Crippen LogP contribution < -0.4 is 19.1 Å². The van der Waals surface area contributed by atoms with Crippen molar-refractivity contribution in [2.75, 3.05) is 36.4 Å². The van der Waals surface area contributed by atoms with Gasteiger partial charge in [0.15, 0.2) is 10.3 Å². The average molecular weight is 590 g/mol. The molecule has 190 valence electrons. The fourth-order valence-corrected chi connectivity index (χ4v) is 5.63. The van der Waals surface area contributed by atoms with Gasteiger partial charge in [0.25, 0.3) is 10.0 Å². The second kappa shape index (κ2) is 12.1. The van der Waals surface area contributed by atoms with Gasteiger partial charge in [-0.05, 0) is 36.8 Å². The third-order valence-corrected chi connectivity index (χ3v) is 8.13. The van der Waals surface area contributed by atoms with Crippen molar-refractivity contribution in [3.8, 4) is 17.6 Å². The molecule has 0 unspecified atom stereocenters. The predicted octanol–water partition coefficient (Wildman–Crippen LogP) is 6.22. The van der Waals surface area contributed by atoms with Crippen molar-refractivity contribution in [2.45, 2.75) is 11.8 Å². The summed E-state index contributed by atoms with van der Waals surface area (Å²) in [5.74, 6) is 0.567. The predicted molar refractivity (Wildman–Crippen MR) is 143 cm³/mol. The number of nitrogens with one attached hydrogen (secondary N) is 1. The lowest BCUT2D eigenvalue weighted by Crippen LogP contribution is -2.31.